The molecule has 0 bridgehead atoms. The van der Waals surface area contributed by atoms with Crippen LogP contribution in [-0.2, 0) is 0 Å². The third-order valence-corrected chi connectivity index (χ3v) is 7.59. The lowest BCUT2D eigenvalue weighted by Gasteiger charge is -2.30. The zero-order valence-corrected chi connectivity index (χ0v) is 11.3. The van der Waals surface area contributed by atoms with Gasteiger partial charge in [-0.05, 0) is 12.5 Å². The van der Waals surface area contributed by atoms with Gasteiger partial charge in [0.2, 0.25) is 0 Å². The van der Waals surface area contributed by atoms with Gasteiger partial charge < -0.3 is 0 Å². The van der Waals surface area contributed by atoms with Crippen LogP contribution in [0.15, 0.2) is 42.5 Å². The lowest BCUT2D eigenvalue weighted by atomic mass is 10.3. The molecule has 0 nitrogen and oxygen atoms in total. The molecule has 0 amide bonds. The summed E-state index contributed by atoms with van der Waals surface area (Å²) in [6.07, 6.45) is 5.84. The summed E-state index contributed by atoms with van der Waals surface area (Å²) >= 11 is 0. The van der Waals surface area contributed by atoms with Crippen molar-refractivity contribution in [1.29, 1.82) is 0 Å². The second kappa shape index (κ2) is 5.31. The van der Waals surface area contributed by atoms with E-state index in [0.29, 0.717) is 0 Å². The number of hydrogen-bond donors (Lipinski definition) is 0. The van der Waals surface area contributed by atoms with E-state index in [4.69, 9.17) is 0 Å². The Labute approximate surface area is 95.0 Å². The van der Waals surface area contributed by atoms with Crippen molar-refractivity contribution in [3.8, 4) is 0 Å². The van der Waals surface area contributed by atoms with Gasteiger partial charge in [0.1, 0.15) is 0 Å². The van der Waals surface area contributed by atoms with E-state index in [9.17, 15) is 0 Å². The molecule has 0 saturated carbocycles. The Balaban J connectivity index is 3.00. The van der Waals surface area contributed by atoms with E-state index in [1.165, 1.54) is 6.42 Å². The summed E-state index contributed by atoms with van der Waals surface area (Å²) in [5.41, 5.74) is 0.755. The first-order valence-corrected chi connectivity index (χ1v) is 8.89. The number of hydrogen-bond acceptors (Lipinski definition) is 0. The predicted molar refractivity (Wildman–Crippen MR) is 72.4 cm³/mol. The van der Waals surface area contributed by atoms with E-state index in [-0.39, 0.29) is 0 Å². The van der Waals surface area contributed by atoms with Crippen molar-refractivity contribution in [3.05, 3.63) is 42.5 Å². The van der Waals surface area contributed by atoms with Gasteiger partial charge in [-0.25, -0.2) is 0 Å². The van der Waals surface area contributed by atoms with Gasteiger partial charge in [-0.2, -0.15) is 0 Å². The molecule has 1 aromatic rings. The summed E-state index contributed by atoms with van der Waals surface area (Å²) in [6, 6.07) is 11.0. The summed E-state index contributed by atoms with van der Waals surface area (Å²) in [6.45, 7) is 9.35. The van der Waals surface area contributed by atoms with Crippen LogP contribution in [0, 0.1) is 0 Å². The van der Waals surface area contributed by atoms with E-state index < -0.39 is 8.07 Å². The van der Waals surface area contributed by atoms with Crippen LogP contribution in [0.3, 0.4) is 0 Å². The van der Waals surface area contributed by atoms with Crippen molar-refractivity contribution in [1.82, 2.24) is 0 Å². The van der Waals surface area contributed by atoms with Gasteiger partial charge in [0, 0.05) is 0 Å². The van der Waals surface area contributed by atoms with Gasteiger partial charge in [-0.15, -0.1) is 0 Å². The predicted octanol–water partition coefficient (Wildman–Crippen LogP) is 3.96. The molecule has 82 valence electrons. The first kappa shape index (κ1) is 12.2. The highest BCUT2D eigenvalue weighted by Crippen LogP contribution is 2.26. The highest BCUT2D eigenvalue weighted by Gasteiger charge is 2.30. The molecule has 0 aromatic heterocycles. The maximum absolute atomic E-state index is 2.47. The first-order valence-electron chi connectivity index (χ1n) is 5.81. The normalized spacial score (nSPS) is 14.4. The molecule has 15 heavy (non-hydrogen) atoms. The first-order chi connectivity index (χ1) is 7.12. The summed E-state index contributed by atoms with van der Waals surface area (Å²) in [7, 11) is -1.32. The Kier molecular flexibility index (Phi) is 4.34. The second-order valence-electron chi connectivity index (χ2n) is 4.63. The minimum absolute atomic E-state index is 0.755. The molecule has 1 atom stereocenters. The van der Waals surface area contributed by atoms with Crippen molar-refractivity contribution in [2.75, 3.05) is 0 Å². The molecule has 0 saturated heterocycles. The van der Waals surface area contributed by atoms with Gasteiger partial charge in [-0.3, -0.25) is 0 Å². The molecule has 1 unspecified atom stereocenters. The quantitative estimate of drug-likeness (QED) is 0.530. The average Bonchev–Trinajstić information content (AvgIpc) is 2.27. The molecule has 0 radical (unpaired) electrons. The topological polar surface area (TPSA) is 0 Å². The van der Waals surface area contributed by atoms with Crippen molar-refractivity contribution in [3.63, 3.8) is 0 Å². The second-order valence-corrected chi connectivity index (χ2v) is 9.39. The minimum Gasteiger partial charge on any atom is -0.0917 e. The molecule has 1 aromatic carbocycles. The van der Waals surface area contributed by atoms with Crippen molar-refractivity contribution in [2.45, 2.75) is 38.9 Å². The van der Waals surface area contributed by atoms with E-state index in [1.807, 2.05) is 0 Å². The molecule has 0 heterocycles. The molecule has 1 rings (SSSR count). The van der Waals surface area contributed by atoms with Crippen LogP contribution in [0.2, 0.25) is 18.6 Å². The maximum atomic E-state index is 2.47. The number of benzene rings is 1. The molecule has 0 aliphatic heterocycles. The fraction of sp³-hybridized carbons (Fsp3) is 0.429. The fourth-order valence-corrected chi connectivity index (χ4v) is 5.37. The average molecular weight is 218 g/mol. The van der Waals surface area contributed by atoms with Gasteiger partial charge in [0.25, 0.3) is 0 Å². The summed E-state index contributed by atoms with van der Waals surface area (Å²) in [5, 5.41) is 1.56. The Morgan fingerprint density at radius 1 is 1.20 bits per heavy atom. The summed E-state index contributed by atoms with van der Waals surface area (Å²) in [4.78, 5) is 0. The Bertz CT molecular complexity index is 311. The molecule has 0 aliphatic rings. The maximum Gasteiger partial charge on any atom is 0.0873 e. The zero-order chi connectivity index (χ0) is 11.3. The minimum atomic E-state index is -1.32. The number of rotatable bonds is 4. The highest BCUT2D eigenvalue weighted by atomic mass is 28.3. The van der Waals surface area contributed by atoms with E-state index >= 15 is 0 Å². The zero-order valence-electron chi connectivity index (χ0n) is 10.3. The van der Waals surface area contributed by atoms with Crippen LogP contribution in [-0.4, -0.2) is 8.07 Å². The van der Waals surface area contributed by atoms with Gasteiger partial charge in [0.15, 0.2) is 0 Å². The van der Waals surface area contributed by atoms with Crippen LogP contribution >= 0.6 is 0 Å². The van der Waals surface area contributed by atoms with Crippen molar-refractivity contribution < 1.29 is 0 Å². The van der Waals surface area contributed by atoms with E-state index in [0.717, 1.165) is 5.54 Å². The molecular formula is C14H22Si. The standard InChI is InChI=1S/C14H22Si/c1-5-10-13(6-2)15(3,4)14-11-8-7-9-12-14/h5,7-13H,6H2,1-4H3/b10-5+. The van der Waals surface area contributed by atoms with Crippen LogP contribution < -0.4 is 5.19 Å². The highest BCUT2D eigenvalue weighted by molar-refractivity contribution is 6.91. The number of allylic oxidation sites excluding steroid dienone is 2. The molecule has 1 heteroatoms. The Morgan fingerprint density at radius 2 is 1.80 bits per heavy atom. The fourth-order valence-electron chi connectivity index (χ4n) is 2.20. The Hall–Kier alpha value is -0.823. The van der Waals surface area contributed by atoms with Gasteiger partial charge in [-0.1, -0.05) is 74.1 Å². The van der Waals surface area contributed by atoms with E-state index in [1.54, 1.807) is 5.19 Å². The summed E-state index contributed by atoms with van der Waals surface area (Å²) in [5.74, 6) is 0. The van der Waals surface area contributed by atoms with E-state index in [2.05, 4.69) is 69.4 Å². The molecule has 0 spiro atoms. The Morgan fingerprint density at radius 3 is 2.27 bits per heavy atom. The molecule has 0 fully saturated rings. The van der Waals surface area contributed by atoms with Crippen LogP contribution in [0.4, 0.5) is 0 Å². The lowest BCUT2D eigenvalue weighted by molar-refractivity contribution is 0.918. The molecular weight excluding hydrogens is 196 g/mol. The molecule has 0 aliphatic carbocycles. The van der Waals surface area contributed by atoms with Crippen LogP contribution in [0.5, 0.6) is 0 Å². The van der Waals surface area contributed by atoms with Crippen LogP contribution in [0.1, 0.15) is 20.3 Å². The lowest BCUT2D eigenvalue weighted by Crippen LogP contribution is -2.45. The van der Waals surface area contributed by atoms with Crippen molar-refractivity contribution in [2.24, 2.45) is 0 Å². The van der Waals surface area contributed by atoms with Gasteiger partial charge >= 0.3 is 0 Å². The SMILES string of the molecule is C/C=C/C(CC)[Si](C)(C)c1ccccc1. The van der Waals surface area contributed by atoms with Gasteiger partial charge in [0.05, 0.1) is 8.07 Å². The summed E-state index contributed by atoms with van der Waals surface area (Å²) < 4.78 is 0. The largest absolute Gasteiger partial charge is 0.0917 e. The third kappa shape index (κ3) is 2.82. The molecule has 0 N–H and O–H groups in total. The van der Waals surface area contributed by atoms with Crippen LogP contribution in [0.25, 0.3) is 0 Å². The third-order valence-electron chi connectivity index (χ3n) is 3.31. The smallest absolute Gasteiger partial charge is 0.0873 e. The van der Waals surface area contributed by atoms with Crippen molar-refractivity contribution >= 4 is 13.3 Å². The monoisotopic (exact) mass is 218 g/mol.